The topological polar surface area (TPSA) is 53.1 Å². The van der Waals surface area contributed by atoms with Gasteiger partial charge in [0.2, 0.25) is 0 Å². The Bertz CT molecular complexity index is 1010. The zero-order valence-electron chi connectivity index (χ0n) is 15.9. The lowest BCUT2D eigenvalue weighted by Gasteiger charge is -2.27. The van der Waals surface area contributed by atoms with Crippen LogP contribution < -0.4 is 9.80 Å². The Hall–Kier alpha value is -2.68. The van der Waals surface area contributed by atoms with Crippen molar-refractivity contribution in [3.8, 4) is 0 Å². The van der Waals surface area contributed by atoms with Crippen LogP contribution in [0.15, 0.2) is 70.2 Å². The molecular weight excluding hydrogens is 406 g/mol. The Labute approximate surface area is 178 Å². The van der Waals surface area contributed by atoms with E-state index in [1.165, 1.54) is 28.7 Å². The Balaban J connectivity index is 1.90. The smallest absolute Gasteiger partial charge is 0.284 e. The maximum atomic E-state index is 13.6. The predicted molar refractivity (Wildman–Crippen MR) is 118 cm³/mol. The molecule has 0 aromatic heterocycles. The van der Waals surface area contributed by atoms with E-state index in [2.05, 4.69) is 4.90 Å². The van der Waals surface area contributed by atoms with Gasteiger partial charge in [-0.15, -0.1) is 0 Å². The second-order valence-electron chi connectivity index (χ2n) is 6.36. The number of para-hydroxylation sites is 2. The van der Waals surface area contributed by atoms with Gasteiger partial charge in [0.05, 0.1) is 11.4 Å². The Kier molecular flexibility index (Phi) is 5.40. The second-order valence-corrected chi connectivity index (χ2v) is 7.75. The van der Waals surface area contributed by atoms with E-state index in [1.54, 1.807) is 0 Å². The highest BCUT2D eigenvalue weighted by atomic mass is 32.2. The molecule has 4 rings (SSSR count). The Morgan fingerprint density at radius 3 is 2.48 bits per heavy atom. The van der Waals surface area contributed by atoms with Gasteiger partial charge in [-0.3, -0.25) is 19.4 Å². The van der Waals surface area contributed by atoms with Crippen LogP contribution in [0, 0.1) is 0 Å². The molecule has 0 N–H and O–H groups in total. The number of hydrogen-bond donors (Lipinski definition) is 0. The number of nitrogens with zero attached hydrogens (tertiary/aromatic N) is 3. The summed E-state index contributed by atoms with van der Waals surface area (Å²) in [6, 6.07) is 17.1. The molecule has 0 bridgehead atoms. The summed E-state index contributed by atoms with van der Waals surface area (Å²) >= 11 is 7.13. The fourth-order valence-corrected chi connectivity index (χ4v) is 5.12. The highest BCUT2D eigenvalue weighted by Crippen LogP contribution is 2.49. The molecule has 2 aromatic carbocycles. The van der Waals surface area contributed by atoms with Crippen molar-refractivity contribution in [1.82, 2.24) is 4.90 Å². The van der Waals surface area contributed by atoms with E-state index >= 15 is 0 Å². The average molecular weight is 426 g/mol. The molecule has 1 unspecified atom stereocenters. The molecule has 0 radical (unpaired) electrons. The molecule has 29 heavy (non-hydrogen) atoms. The number of methoxy groups -OCH3 is 1. The van der Waals surface area contributed by atoms with Crippen LogP contribution in [0.25, 0.3) is 0 Å². The van der Waals surface area contributed by atoms with E-state index in [0.29, 0.717) is 24.2 Å². The van der Waals surface area contributed by atoms with E-state index in [-0.39, 0.29) is 11.0 Å². The van der Waals surface area contributed by atoms with Gasteiger partial charge in [-0.25, -0.2) is 0 Å². The number of aldehydes is 1. The molecule has 8 heteroatoms. The number of amides is 1. The van der Waals surface area contributed by atoms with Crippen molar-refractivity contribution < 1.29 is 14.3 Å². The van der Waals surface area contributed by atoms with Crippen molar-refractivity contribution >= 4 is 52.7 Å². The summed E-state index contributed by atoms with van der Waals surface area (Å²) in [6.45, 7) is 2.69. The number of benzene rings is 2. The molecule has 2 heterocycles. The van der Waals surface area contributed by atoms with Gasteiger partial charge < -0.3 is 9.64 Å². The van der Waals surface area contributed by atoms with Gasteiger partial charge in [0, 0.05) is 18.6 Å². The summed E-state index contributed by atoms with van der Waals surface area (Å²) < 4.78 is 5.35. The molecule has 2 aliphatic rings. The third-order valence-corrected chi connectivity index (χ3v) is 6.35. The number of fused-ring (bicyclic) bond motifs is 1. The first-order valence-corrected chi connectivity index (χ1v) is 10.3. The fraction of sp³-hybridized carbons (Fsp3) is 0.190. The van der Waals surface area contributed by atoms with Crippen molar-refractivity contribution in [1.29, 1.82) is 0 Å². The molecule has 1 amide bonds. The second kappa shape index (κ2) is 7.98. The van der Waals surface area contributed by atoms with E-state index in [1.807, 2.05) is 61.5 Å². The number of rotatable bonds is 5. The summed E-state index contributed by atoms with van der Waals surface area (Å²) in [5.41, 5.74) is 2.02. The van der Waals surface area contributed by atoms with Gasteiger partial charge in [0.1, 0.15) is 10.7 Å². The van der Waals surface area contributed by atoms with Gasteiger partial charge in [-0.05, 0) is 43.4 Å². The van der Waals surface area contributed by atoms with Crippen LogP contribution in [-0.4, -0.2) is 42.1 Å². The molecule has 6 nitrogen and oxygen atoms in total. The fourth-order valence-electron chi connectivity index (χ4n) is 3.48. The van der Waals surface area contributed by atoms with E-state index in [4.69, 9.17) is 17.0 Å². The van der Waals surface area contributed by atoms with Gasteiger partial charge in [-0.2, -0.15) is 0 Å². The maximum absolute atomic E-state index is 13.6. The van der Waals surface area contributed by atoms with Crippen molar-refractivity contribution in [2.24, 2.45) is 0 Å². The molecule has 1 atom stereocenters. The highest BCUT2D eigenvalue weighted by molar-refractivity contribution is 8.03. The molecule has 148 valence electrons. The van der Waals surface area contributed by atoms with Crippen LogP contribution in [0.4, 0.5) is 11.4 Å². The number of anilines is 2. The SMILES string of the molecule is CCN1C(=C2C(=O)N(c3ccccc3)C(=S)N2C(C=O)OC)Sc2ccccc21. The van der Waals surface area contributed by atoms with Crippen LogP contribution in [-0.2, 0) is 14.3 Å². The van der Waals surface area contributed by atoms with Crippen molar-refractivity contribution in [2.45, 2.75) is 18.0 Å². The van der Waals surface area contributed by atoms with E-state index in [9.17, 15) is 9.59 Å². The first-order chi connectivity index (χ1) is 14.1. The summed E-state index contributed by atoms with van der Waals surface area (Å²) in [5.74, 6) is -0.279. The van der Waals surface area contributed by atoms with Crippen molar-refractivity contribution in [2.75, 3.05) is 23.5 Å². The molecule has 0 spiro atoms. The zero-order chi connectivity index (χ0) is 20.5. The van der Waals surface area contributed by atoms with Crippen LogP contribution in [0.3, 0.4) is 0 Å². The average Bonchev–Trinajstić information content (AvgIpc) is 3.24. The minimum absolute atomic E-state index is 0.218. The Morgan fingerprint density at radius 2 is 1.83 bits per heavy atom. The lowest BCUT2D eigenvalue weighted by atomic mass is 10.2. The minimum atomic E-state index is -0.995. The Morgan fingerprint density at radius 1 is 1.14 bits per heavy atom. The zero-order valence-corrected chi connectivity index (χ0v) is 17.6. The number of thioether (sulfide) groups is 1. The minimum Gasteiger partial charge on any atom is -0.354 e. The maximum Gasteiger partial charge on any atom is 0.284 e. The third kappa shape index (κ3) is 3.13. The molecule has 1 saturated heterocycles. The molecule has 0 aliphatic carbocycles. The lowest BCUT2D eigenvalue weighted by molar-refractivity contribution is -0.122. The van der Waals surface area contributed by atoms with E-state index in [0.717, 1.165) is 15.6 Å². The number of carbonyl (C=O) groups is 2. The molecule has 2 aliphatic heterocycles. The quantitative estimate of drug-likeness (QED) is 0.412. The number of ether oxygens (including phenoxy) is 1. The lowest BCUT2D eigenvalue weighted by Crippen LogP contribution is -2.41. The predicted octanol–water partition coefficient (Wildman–Crippen LogP) is 3.59. The van der Waals surface area contributed by atoms with Gasteiger partial charge in [0.15, 0.2) is 17.6 Å². The molecule has 2 aromatic rings. The number of carbonyl (C=O) groups excluding carboxylic acids is 2. The van der Waals surface area contributed by atoms with Gasteiger partial charge in [-0.1, -0.05) is 42.1 Å². The highest BCUT2D eigenvalue weighted by Gasteiger charge is 2.46. The monoisotopic (exact) mass is 425 g/mol. The van der Waals surface area contributed by atoms with Gasteiger partial charge in [0.25, 0.3) is 5.91 Å². The van der Waals surface area contributed by atoms with Crippen LogP contribution in [0.1, 0.15) is 6.92 Å². The normalized spacial score (nSPS) is 19.7. The van der Waals surface area contributed by atoms with Crippen molar-refractivity contribution in [3.05, 3.63) is 65.3 Å². The summed E-state index contributed by atoms with van der Waals surface area (Å²) in [4.78, 5) is 31.4. The third-order valence-electron chi connectivity index (χ3n) is 4.80. The van der Waals surface area contributed by atoms with E-state index < -0.39 is 6.23 Å². The molecule has 1 fully saturated rings. The summed E-state index contributed by atoms with van der Waals surface area (Å²) in [7, 11) is 1.42. The van der Waals surface area contributed by atoms with Crippen molar-refractivity contribution in [3.63, 3.8) is 0 Å². The first-order valence-electron chi connectivity index (χ1n) is 9.11. The molecule has 0 saturated carbocycles. The van der Waals surface area contributed by atoms with Gasteiger partial charge >= 0.3 is 0 Å². The van der Waals surface area contributed by atoms with Crippen LogP contribution >= 0.6 is 24.0 Å². The summed E-state index contributed by atoms with van der Waals surface area (Å²) in [6.07, 6.45) is -0.344. The first kappa shape index (κ1) is 19.6. The number of thiocarbonyl (C=S) groups is 1. The molecular formula is C21H19N3O3S2. The standard InChI is InChI=1S/C21H19N3O3S2/c1-3-22-15-11-7-8-12-16(15)29-20(22)18-19(26)23(14-9-5-4-6-10-14)21(28)24(18)17(13-25)27-2/h4-13,17H,3H2,1-2H3. The number of hydrogen-bond acceptors (Lipinski definition) is 6. The van der Waals surface area contributed by atoms with Crippen LogP contribution in [0.2, 0.25) is 0 Å². The largest absolute Gasteiger partial charge is 0.354 e. The van der Waals surface area contributed by atoms with Crippen LogP contribution in [0.5, 0.6) is 0 Å². The summed E-state index contributed by atoms with van der Waals surface area (Å²) in [5, 5.41) is 0.957.